The predicted molar refractivity (Wildman–Crippen MR) is 128 cm³/mol. The maximum absolute atomic E-state index is 11.0. The SMILES string of the molecule is CC[C@H]1C(CO)C(O)C(O)C1n1cc(-c2ccccc2)c2c(Nc3ccccc3)ncnc21. The number of hydrogen-bond donors (Lipinski definition) is 4. The van der Waals surface area contributed by atoms with E-state index in [1.165, 1.54) is 6.33 Å². The van der Waals surface area contributed by atoms with E-state index in [9.17, 15) is 15.3 Å². The van der Waals surface area contributed by atoms with E-state index in [0.717, 1.165) is 22.2 Å². The first-order valence-corrected chi connectivity index (χ1v) is 11.3. The van der Waals surface area contributed by atoms with Crippen LogP contribution in [-0.2, 0) is 0 Å². The number of aliphatic hydroxyl groups excluding tert-OH is 3. The maximum atomic E-state index is 11.0. The van der Waals surface area contributed by atoms with Gasteiger partial charge in [0.2, 0.25) is 0 Å². The standard InChI is InChI=1S/C26H28N4O3/c1-2-18-20(14-31)23(32)24(33)22(18)30-13-19(16-9-5-3-6-10-16)21-25(27-15-28-26(21)30)29-17-11-7-4-8-12-17/h3-13,15,18,20,22-24,31-33H,2,14H2,1H3,(H,27,28,29)/t18-,20?,22?,23?,24?/m0/s1. The monoisotopic (exact) mass is 444 g/mol. The van der Waals surface area contributed by atoms with Gasteiger partial charge in [-0.3, -0.25) is 0 Å². The first kappa shape index (κ1) is 21.6. The Morgan fingerprint density at radius 2 is 1.61 bits per heavy atom. The highest BCUT2D eigenvalue weighted by molar-refractivity contribution is 6.02. The zero-order valence-electron chi connectivity index (χ0n) is 18.4. The molecule has 7 nitrogen and oxygen atoms in total. The van der Waals surface area contributed by atoms with Crippen LogP contribution in [0.1, 0.15) is 19.4 Å². The van der Waals surface area contributed by atoms with Gasteiger partial charge >= 0.3 is 0 Å². The molecule has 0 radical (unpaired) electrons. The molecule has 0 aliphatic heterocycles. The van der Waals surface area contributed by atoms with Gasteiger partial charge in [0.05, 0.1) is 17.5 Å². The molecule has 7 heteroatoms. The van der Waals surface area contributed by atoms with Crippen LogP contribution in [0.2, 0.25) is 0 Å². The zero-order chi connectivity index (χ0) is 22.9. The van der Waals surface area contributed by atoms with Gasteiger partial charge in [-0.05, 0) is 23.6 Å². The molecule has 5 atom stereocenters. The molecular formula is C26H28N4O3. The summed E-state index contributed by atoms with van der Waals surface area (Å²) in [4.78, 5) is 9.16. The number of fused-ring (bicyclic) bond motifs is 1. The van der Waals surface area contributed by atoms with Crippen molar-refractivity contribution < 1.29 is 15.3 Å². The predicted octanol–water partition coefficient (Wildman–Crippen LogP) is 3.75. The summed E-state index contributed by atoms with van der Waals surface area (Å²) in [5, 5.41) is 35.8. The fourth-order valence-electron chi connectivity index (χ4n) is 5.28. The molecule has 2 aromatic carbocycles. The van der Waals surface area contributed by atoms with Crippen LogP contribution in [0.25, 0.3) is 22.2 Å². The van der Waals surface area contributed by atoms with E-state index < -0.39 is 24.2 Å². The molecule has 0 bridgehead atoms. The molecule has 1 fully saturated rings. The van der Waals surface area contributed by atoms with Gasteiger partial charge in [-0.1, -0.05) is 61.9 Å². The molecule has 1 saturated carbocycles. The summed E-state index contributed by atoms with van der Waals surface area (Å²) in [6, 6.07) is 19.4. The van der Waals surface area contributed by atoms with Crippen molar-refractivity contribution in [1.82, 2.24) is 14.5 Å². The molecule has 1 aliphatic rings. The minimum Gasteiger partial charge on any atom is -0.396 e. The normalized spacial score (nSPS) is 24.9. The zero-order valence-corrected chi connectivity index (χ0v) is 18.4. The summed E-state index contributed by atoms with van der Waals surface area (Å²) in [6.45, 7) is 1.85. The van der Waals surface area contributed by atoms with Crippen LogP contribution in [0.3, 0.4) is 0 Å². The average Bonchev–Trinajstić information content (AvgIpc) is 3.35. The van der Waals surface area contributed by atoms with Gasteiger partial charge in [0.1, 0.15) is 23.9 Å². The van der Waals surface area contributed by atoms with Gasteiger partial charge < -0.3 is 25.2 Å². The first-order chi connectivity index (χ1) is 16.1. The van der Waals surface area contributed by atoms with Crippen LogP contribution in [0.5, 0.6) is 0 Å². The minimum atomic E-state index is -1.01. The lowest BCUT2D eigenvalue weighted by atomic mass is 9.91. The van der Waals surface area contributed by atoms with Gasteiger partial charge in [-0.2, -0.15) is 0 Å². The third-order valence-corrected chi connectivity index (χ3v) is 6.86. The molecule has 33 heavy (non-hydrogen) atoms. The molecule has 5 rings (SSSR count). The van der Waals surface area contributed by atoms with Gasteiger partial charge in [-0.15, -0.1) is 0 Å². The van der Waals surface area contributed by atoms with Crippen molar-refractivity contribution in [3.8, 4) is 11.1 Å². The van der Waals surface area contributed by atoms with Crippen molar-refractivity contribution in [2.24, 2.45) is 11.8 Å². The minimum absolute atomic E-state index is 0.0975. The van der Waals surface area contributed by atoms with Gasteiger partial charge in [0.15, 0.2) is 0 Å². The van der Waals surface area contributed by atoms with E-state index in [1.807, 2.05) is 78.4 Å². The van der Waals surface area contributed by atoms with E-state index in [4.69, 9.17) is 0 Å². The van der Waals surface area contributed by atoms with Crippen LogP contribution in [-0.4, -0.2) is 48.7 Å². The Morgan fingerprint density at radius 3 is 2.27 bits per heavy atom. The molecule has 4 unspecified atom stereocenters. The average molecular weight is 445 g/mol. The molecule has 0 saturated heterocycles. The van der Waals surface area contributed by atoms with E-state index in [0.29, 0.717) is 17.9 Å². The molecule has 170 valence electrons. The third kappa shape index (κ3) is 3.68. The Labute approximate surface area is 192 Å². The lowest BCUT2D eigenvalue weighted by Crippen LogP contribution is -2.30. The number of aliphatic hydroxyl groups is 3. The van der Waals surface area contributed by atoms with Gasteiger partial charge in [-0.25, -0.2) is 9.97 Å². The van der Waals surface area contributed by atoms with Crippen LogP contribution in [0.15, 0.2) is 73.2 Å². The third-order valence-electron chi connectivity index (χ3n) is 6.86. The Bertz CT molecular complexity index is 1230. The Kier molecular flexibility index (Phi) is 5.85. The van der Waals surface area contributed by atoms with Gasteiger partial charge in [0.25, 0.3) is 0 Å². The largest absolute Gasteiger partial charge is 0.396 e. The van der Waals surface area contributed by atoms with Gasteiger partial charge in [0, 0.05) is 30.0 Å². The summed E-state index contributed by atoms with van der Waals surface area (Å²) in [5.41, 5.74) is 3.53. The first-order valence-electron chi connectivity index (χ1n) is 11.3. The van der Waals surface area contributed by atoms with E-state index in [2.05, 4.69) is 15.3 Å². The van der Waals surface area contributed by atoms with Crippen molar-refractivity contribution in [1.29, 1.82) is 0 Å². The second-order valence-electron chi connectivity index (χ2n) is 8.62. The van der Waals surface area contributed by atoms with Crippen molar-refractivity contribution in [3.63, 3.8) is 0 Å². The summed E-state index contributed by atoms with van der Waals surface area (Å²) < 4.78 is 1.97. The lowest BCUT2D eigenvalue weighted by Gasteiger charge is -2.25. The summed E-state index contributed by atoms with van der Waals surface area (Å²) >= 11 is 0. The van der Waals surface area contributed by atoms with Crippen molar-refractivity contribution >= 4 is 22.5 Å². The molecular weight excluding hydrogens is 416 g/mol. The fraction of sp³-hybridized carbons (Fsp3) is 0.308. The Hall–Kier alpha value is -3.26. The second kappa shape index (κ2) is 8.94. The van der Waals surface area contributed by atoms with Crippen molar-refractivity contribution in [2.75, 3.05) is 11.9 Å². The second-order valence-corrected chi connectivity index (χ2v) is 8.62. The summed E-state index contributed by atoms with van der Waals surface area (Å²) in [7, 11) is 0. The summed E-state index contributed by atoms with van der Waals surface area (Å²) in [5.74, 6) is 0.180. The number of aromatic nitrogens is 3. The number of benzene rings is 2. The molecule has 0 spiro atoms. The van der Waals surface area contributed by atoms with Crippen LogP contribution >= 0.6 is 0 Å². The number of anilines is 2. The maximum Gasteiger partial charge on any atom is 0.146 e. The van der Waals surface area contributed by atoms with Crippen molar-refractivity contribution in [3.05, 3.63) is 73.2 Å². The molecule has 2 heterocycles. The van der Waals surface area contributed by atoms with Crippen LogP contribution in [0.4, 0.5) is 11.5 Å². The molecule has 2 aromatic heterocycles. The van der Waals surface area contributed by atoms with E-state index in [1.54, 1.807) is 0 Å². The lowest BCUT2D eigenvalue weighted by molar-refractivity contribution is -0.00449. The molecule has 0 amide bonds. The quantitative estimate of drug-likeness (QED) is 0.361. The van der Waals surface area contributed by atoms with Crippen LogP contribution in [0, 0.1) is 11.8 Å². The molecule has 4 aromatic rings. The Balaban J connectivity index is 1.72. The smallest absolute Gasteiger partial charge is 0.146 e. The molecule has 4 N–H and O–H groups in total. The summed E-state index contributed by atoms with van der Waals surface area (Å²) in [6.07, 6.45) is 2.22. The van der Waals surface area contributed by atoms with Crippen LogP contribution < -0.4 is 5.32 Å². The topological polar surface area (TPSA) is 103 Å². The molecule has 1 aliphatic carbocycles. The van der Waals surface area contributed by atoms with Crippen molar-refractivity contribution in [2.45, 2.75) is 31.6 Å². The van der Waals surface area contributed by atoms with E-state index >= 15 is 0 Å². The number of nitrogens with zero attached hydrogens (tertiary/aromatic N) is 3. The number of hydrogen-bond acceptors (Lipinski definition) is 6. The highest BCUT2D eigenvalue weighted by Crippen LogP contribution is 2.46. The number of rotatable bonds is 6. The number of para-hydroxylation sites is 1. The van der Waals surface area contributed by atoms with E-state index in [-0.39, 0.29) is 12.5 Å². The highest BCUT2D eigenvalue weighted by atomic mass is 16.3. The highest BCUT2D eigenvalue weighted by Gasteiger charge is 2.49. The Morgan fingerprint density at radius 1 is 0.909 bits per heavy atom. The number of nitrogens with one attached hydrogen (secondary N) is 1. The fourth-order valence-corrected chi connectivity index (χ4v) is 5.28.